The molecule has 1 aromatic heterocycles. The van der Waals surface area contributed by atoms with Crippen molar-refractivity contribution >= 4 is 21.8 Å². The van der Waals surface area contributed by atoms with Gasteiger partial charge in [0.2, 0.25) is 0 Å². The fraction of sp³-hybridized carbons (Fsp3) is 0.545. The van der Waals surface area contributed by atoms with Crippen LogP contribution in [0.25, 0.3) is 0 Å². The Morgan fingerprint density at radius 3 is 2.62 bits per heavy atom. The number of carbonyl (C=O) groups is 1. The molecule has 0 saturated carbocycles. The second kappa shape index (κ2) is 3.89. The first-order chi connectivity index (χ1) is 7.74. The number of H-pyrrole nitrogens is 1. The summed E-state index contributed by atoms with van der Waals surface area (Å²) in [6, 6.07) is 1.84. The van der Waals surface area contributed by atoms with Crippen LogP contribution in [0.2, 0.25) is 0 Å². The lowest BCUT2D eigenvalue weighted by Crippen LogP contribution is -2.32. The maximum Gasteiger partial charge on any atom is 0.270 e. The Balaban J connectivity index is 1.73. The highest BCUT2D eigenvalue weighted by molar-refractivity contribution is 9.10. The zero-order valence-electron chi connectivity index (χ0n) is 8.87. The lowest BCUT2D eigenvalue weighted by molar-refractivity contribution is 0.0776. The van der Waals surface area contributed by atoms with Crippen molar-refractivity contribution in [3.8, 4) is 0 Å². The van der Waals surface area contributed by atoms with Gasteiger partial charge in [-0.2, -0.15) is 0 Å². The van der Waals surface area contributed by atoms with Gasteiger partial charge in [-0.05, 0) is 33.8 Å². The zero-order chi connectivity index (χ0) is 11.1. The van der Waals surface area contributed by atoms with Crippen molar-refractivity contribution in [3.05, 3.63) is 22.4 Å². The molecule has 0 spiro atoms. The van der Waals surface area contributed by atoms with E-state index in [9.17, 15) is 4.79 Å². The largest absolute Gasteiger partial charge is 0.356 e. The Labute approximate surface area is 103 Å². The molecule has 86 valence electrons. The lowest BCUT2D eigenvalue weighted by atomic mass is 10.0. The highest BCUT2D eigenvalue weighted by Gasteiger charge is 2.38. The summed E-state index contributed by atoms with van der Waals surface area (Å²) in [6.45, 7) is 3.91. The Morgan fingerprint density at radius 1 is 1.38 bits per heavy atom. The zero-order valence-corrected chi connectivity index (χ0v) is 10.5. The van der Waals surface area contributed by atoms with E-state index in [2.05, 4.69) is 26.2 Å². The van der Waals surface area contributed by atoms with Crippen molar-refractivity contribution in [1.82, 2.24) is 15.2 Å². The molecule has 5 heteroatoms. The standard InChI is InChI=1S/C11H14BrN3O/c12-9-1-10(14-4-9)11(16)15-5-7-2-13-3-8(7)6-15/h1,4,7-8,13-14H,2-3,5-6H2. The number of nitrogens with zero attached hydrogens (tertiary/aromatic N) is 1. The summed E-state index contributed by atoms with van der Waals surface area (Å²) in [4.78, 5) is 17.1. The molecule has 4 nitrogen and oxygen atoms in total. The molecule has 16 heavy (non-hydrogen) atoms. The molecule has 0 radical (unpaired) electrons. The number of hydrogen-bond donors (Lipinski definition) is 2. The average Bonchev–Trinajstić information content (AvgIpc) is 2.89. The highest BCUT2D eigenvalue weighted by atomic mass is 79.9. The van der Waals surface area contributed by atoms with Crippen molar-refractivity contribution in [2.24, 2.45) is 11.8 Å². The Hall–Kier alpha value is -0.810. The van der Waals surface area contributed by atoms with Crippen LogP contribution in [-0.4, -0.2) is 42.0 Å². The molecule has 2 unspecified atom stereocenters. The molecular weight excluding hydrogens is 270 g/mol. The van der Waals surface area contributed by atoms with Crippen molar-refractivity contribution in [2.45, 2.75) is 0 Å². The average molecular weight is 284 g/mol. The first kappa shape index (κ1) is 10.4. The molecule has 1 aromatic rings. The first-order valence-electron chi connectivity index (χ1n) is 5.58. The molecule has 2 fully saturated rings. The summed E-state index contributed by atoms with van der Waals surface area (Å²) < 4.78 is 0.928. The monoisotopic (exact) mass is 283 g/mol. The van der Waals surface area contributed by atoms with E-state index in [1.807, 2.05) is 11.0 Å². The second-order valence-corrected chi connectivity index (χ2v) is 5.54. The van der Waals surface area contributed by atoms with Gasteiger partial charge in [-0.3, -0.25) is 4.79 Å². The minimum Gasteiger partial charge on any atom is -0.356 e. The van der Waals surface area contributed by atoms with Crippen LogP contribution in [0.5, 0.6) is 0 Å². The summed E-state index contributed by atoms with van der Waals surface area (Å²) in [5.74, 6) is 1.44. The highest BCUT2D eigenvalue weighted by Crippen LogP contribution is 2.27. The number of amides is 1. The third kappa shape index (κ3) is 1.68. The fourth-order valence-corrected chi connectivity index (χ4v) is 3.03. The SMILES string of the molecule is O=C(c1cc(Br)c[nH]1)N1CC2CNCC2C1. The molecule has 1 amide bonds. The number of aromatic nitrogens is 1. The fourth-order valence-electron chi connectivity index (χ4n) is 2.68. The van der Waals surface area contributed by atoms with Crippen LogP contribution in [-0.2, 0) is 0 Å². The predicted octanol–water partition coefficient (Wildman–Crippen LogP) is 1.07. The van der Waals surface area contributed by atoms with E-state index in [4.69, 9.17) is 0 Å². The van der Waals surface area contributed by atoms with Crippen LogP contribution < -0.4 is 5.32 Å². The molecule has 2 saturated heterocycles. The summed E-state index contributed by atoms with van der Waals surface area (Å²) in [5.41, 5.74) is 0.680. The first-order valence-corrected chi connectivity index (χ1v) is 6.37. The van der Waals surface area contributed by atoms with Gasteiger partial charge < -0.3 is 15.2 Å². The van der Waals surface area contributed by atoms with Gasteiger partial charge >= 0.3 is 0 Å². The van der Waals surface area contributed by atoms with Gasteiger partial charge in [0.25, 0.3) is 5.91 Å². The third-order valence-electron chi connectivity index (χ3n) is 3.55. The van der Waals surface area contributed by atoms with Gasteiger partial charge in [0.1, 0.15) is 5.69 Å². The van der Waals surface area contributed by atoms with E-state index >= 15 is 0 Å². The third-order valence-corrected chi connectivity index (χ3v) is 4.01. The normalized spacial score (nSPS) is 28.4. The van der Waals surface area contributed by atoms with Gasteiger partial charge in [0.15, 0.2) is 0 Å². The minimum absolute atomic E-state index is 0.125. The number of fused-ring (bicyclic) bond motifs is 1. The molecule has 2 N–H and O–H groups in total. The van der Waals surface area contributed by atoms with E-state index < -0.39 is 0 Å². The number of hydrogen-bond acceptors (Lipinski definition) is 2. The lowest BCUT2D eigenvalue weighted by Gasteiger charge is -2.16. The van der Waals surface area contributed by atoms with E-state index in [-0.39, 0.29) is 5.91 Å². The maximum atomic E-state index is 12.1. The molecule has 3 heterocycles. The Morgan fingerprint density at radius 2 is 2.06 bits per heavy atom. The van der Waals surface area contributed by atoms with Gasteiger partial charge in [0, 0.05) is 36.8 Å². The van der Waals surface area contributed by atoms with Gasteiger partial charge in [-0.1, -0.05) is 0 Å². The topological polar surface area (TPSA) is 48.1 Å². The quantitative estimate of drug-likeness (QED) is 0.810. The van der Waals surface area contributed by atoms with E-state index in [0.717, 1.165) is 30.7 Å². The van der Waals surface area contributed by atoms with Crippen LogP contribution in [0.4, 0.5) is 0 Å². The maximum absolute atomic E-state index is 12.1. The Kier molecular flexibility index (Phi) is 2.52. The molecule has 2 aliphatic heterocycles. The predicted molar refractivity (Wildman–Crippen MR) is 64.2 cm³/mol. The van der Waals surface area contributed by atoms with Crippen molar-refractivity contribution in [3.63, 3.8) is 0 Å². The van der Waals surface area contributed by atoms with Gasteiger partial charge in [-0.25, -0.2) is 0 Å². The van der Waals surface area contributed by atoms with Crippen LogP contribution >= 0.6 is 15.9 Å². The van der Waals surface area contributed by atoms with Crippen LogP contribution in [0.1, 0.15) is 10.5 Å². The molecule has 0 bridgehead atoms. The second-order valence-electron chi connectivity index (χ2n) is 4.62. The molecule has 0 aliphatic carbocycles. The number of halogens is 1. The molecule has 0 aromatic carbocycles. The van der Waals surface area contributed by atoms with Crippen molar-refractivity contribution < 1.29 is 4.79 Å². The molecule has 2 atom stereocenters. The molecule has 3 rings (SSSR count). The number of carbonyl (C=O) groups excluding carboxylic acids is 1. The van der Waals surface area contributed by atoms with Gasteiger partial charge in [0.05, 0.1) is 0 Å². The van der Waals surface area contributed by atoms with Crippen molar-refractivity contribution in [2.75, 3.05) is 26.2 Å². The van der Waals surface area contributed by atoms with E-state index in [0.29, 0.717) is 17.5 Å². The summed E-state index contributed by atoms with van der Waals surface area (Å²) >= 11 is 3.35. The minimum atomic E-state index is 0.125. The molecular formula is C11H14BrN3O. The summed E-state index contributed by atoms with van der Waals surface area (Å²) in [6.07, 6.45) is 1.80. The van der Waals surface area contributed by atoms with Gasteiger partial charge in [-0.15, -0.1) is 0 Å². The number of nitrogens with one attached hydrogen (secondary N) is 2. The number of rotatable bonds is 1. The van der Waals surface area contributed by atoms with Crippen LogP contribution in [0, 0.1) is 11.8 Å². The smallest absolute Gasteiger partial charge is 0.270 e. The Bertz CT molecular complexity index is 405. The van der Waals surface area contributed by atoms with E-state index in [1.165, 1.54) is 0 Å². The van der Waals surface area contributed by atoms with Crippen LogP contribution in [0.3, 0.4) is 0 Å². The van der Waals surface area contributed by atoms with E-state index in [1.54, 1.807) is 6.20 Å². The van der Waals surface area contributed by atoms with Crippen molar-refractivity contribution in [1.29, 1.82) is 0 Å². The summed E-state index contributed by atoms with van der Waals surface area (Å²) in [5, 5.41) is 3.37. The number of aromatic amines is 1. The summed E-state index contributed by atoms with van der Waals surface area (Å²) in [7, 11) is 0. The molecule has 2 aliphatic rings. The number of likely N-dealkylation sites (tertiary alicyclic amines) is 1. The van der Waals surface area contributed by atoms with Crippen LogP contribution in [0.15, 0.2) is 16.7 Å².